The van der Waals surface area contributed by atoms with Gasteiger partial charge in [0.1, 0.15) is 12.4 Å². The number of β-lactam (4-membered cyclic amide) rings is 1. The molecule has 0 bridgehead atoms. The average molecular weight is 425 g/mol. The molecule has 0 aromatic carbocycles. The molecule has 4 atom stereocenters. The molecule has 2 heterocycles. The van der Waals surface area contributed by atoms with Gasteiger partial charge in [-0.3, -0.25) is 9.59 Å². The molecule has 2 saturated heterocycles. The van der Waals surface area contributed by atoms with Crippen molar-refractivity contribution in [3.05, 3.63) is 12.7 Å². The number of Topliss-reactive ketones (excluding diaryl/α,β-unsaturated/α-hetero) is 1. The molecule has 0 aromatic rings. The highest BCUT2D eigenvalue weighted by atomic mass is 28.4. The van der Waals surface area contributed by atoms with E-state index in [1.165, 1.54) is 6.08 Å². The number of hydrogen-bond acceptors (Lipinski definition) is 5. The Labute approximate surface area is 175 Å². The van der Waals surface area contributed by atoms with E-state index in [1.54, 1.807) is 4.90 Å². The molecular weight excluding hydrogens is 388 g/mol. The molecule has 0 spiro atoms. The number of amides is 2. The molecular formula is C21H36N2O5Si. The fraction of sp³-hybridized carbons (Fsp3) is 0.762. The van der Waals surface area contributed by atoms with Crippen LogP contribution in [-0.2, 0) is 18.8 Å². The third kappa shape index (κ3) is 5.48. The Hall–Kier alpha value is -1.67. The number of ketones is 1. The molecule has 2 amide bonds. The van der Waals surface area contributed by atoms with Crippen molar-refractivity contribution in [3.8, 4) is 0 Å². The lowest BCUT2D eigenvalue weighted by atomic mass is 9.81. The Morgan fingerprint density at radius 3 is 2.59 bits per heavy atom. The van der Waals surface area contributed by atoms with Crippen LogP contribution < -0.4 is 5.32 Å². The number of hydrogen-bond donors (Lipinski definition) is 1. The highest BCUT2D eigenvalue weighted by Crippen LogP contribution is 2.39. The fourth-order valence-corrected chi connectivity index (χ4v) is 5.11. The molecule has 0 saturated carbocycles. The standard InChI is InChI=1S/C21H36N2O5Si/c1-8-11-27-20(26)23-10-9-15(13-23)17(24)12-16-18(19(25)22-16)14(2)28-29(6,7)21(3,4)5/h8,14-16,18H,1,9-13H2,2-7H3,(H,22,25)/t14-,15?,16-,18-/m1/s1. The van der Waals surface area contributed by atoms with Gasteiger partial charge < -0.3 is 19.4 Å². The predicted octanol–water partition coefficient (Wildman–Crippen LogP) is 3.12. The molecule has 29 heavy (non-hydrogen) atoms. The monoisotopic (exact) mass is 424 g/mol. The molecule has 2 fully saturated rings. The number of rotatable bonds is 8. The molecule has 0 aliphatic carbocycles. The molecule has 2 rings (SSSR count). The van der Waals surface area contributed by atoms with Crippen LogP contribution in [0.15, 0.2) is 12.7 Å². The van der Waals surface area contributed by atoms with E-state index in [9.17, 15) is 14.4 Å². The minimum atomic E-state index is -2.00. The first-order valence-corrected chi connectivity index (χ1v) is 13.3. The normalized spacial score (nSPS) is 25.8. The Balaban J connectivity index is 1.90. The molecule has 0 radical (unpaired) electrons. The van der Waals surface area contributed by atoms with Gasteiger partial charge in [0, 0.05) is 31.5 Å². The lowest BCUT2D eigenvalue weighted by molar-refractivity contribution is -0.141. The summed E-state index contributed by atoms with van der Waals surface area (Å²) >= 11 is 0. The van der Waals surface area contributed by atoms with Gasteiger partial charge >= 0.3 is 6.09 Å². The summed E-state index contributed by atoms with van der Waals surface area (Å²) in [5.74, 6) is -0.474. The van der Waals surface area contributed by atoms with E-state index in [-0.39, 0.29) is 53.7 Å². The summed E-state index contributed by atoms with van der Waals surface area (Å²) in [5, 5.41) is 2.93. The van der Waals surface area contributed by atoms with Gasteiger partial charge in [0.05, 0.1) is 12.0 Å². The van der Waals surface area contributed by atoms with Crippen LogP contribution in [0.3, 0.4) is 0 Å². The second kappa shape index (κ2) is 9.00. The van der Waals surface area contributed by atoms with Crippen LogP contribution in [0.1, 0.15) is 40.5 Å². The first-order valence-electron chi connectivity index (χ1n) is 10.4. The maximum Gasteiger partial charge on any atom is 0.410 e. The largest absolute Gasteiger partial charge is 0.445 e. The fourth-order valence-electron chi connectivity index (χ4n) is 3.68. The number of nitrogens with one attached hydrogen (secondary N) is 1. The summed E-state index contributed by atoms with van der Waals surface area (Å²) in [7, 11) is -2.00. The van der Waals surface area contributed by atoms with Crippen molar-refractivity contribution in [1.82, 2.24) is 10.2 Å². The third-order valence-corrected chi connectivity index (χ3v) is 11.1. The van der Waals surface area contributed by atoms with E-state index in [1.807, 2.05) is 6.92 Å². The number of nitrogens with zero attached hydrogens (tertiary/aromatic N) is 1. The van der Waals surface area contributed by atoms with E-state index in [4.69, 9.17) is 9.16 Å². The maximum absolute atomic E-state index is 12.8. The minimum absolute atomic E-state index is 0.0462. The molecule has 0 aromatic heterocycles. The van der Waals surface area contributed by atoms with E-state index in [2.05, 4.69) is 45.8 Å². The number of carbonyl (C=O) groups excluding carboxylic acids is 3. The first kappa shape index (κ1) is 23.6. The Kier molecular flexibility index (Phi) is 7.32. The van der Waals surface area contributed by atoms with E-state index < -0.39 is 14.4 Å². The van der Waals surface area contributed by atoms with E-state index in [0.717, 1.165) is 0 Å². The van der Waals surface area contributed by atoms with Crippen molar-refractivity contribution in [3.63, 3.8) is 0 Å². The molecule has 164 valence electrons. The van der Waals surface area contributed by atoms with Gasteiger partial charge in [0.15, 0.2) is 8.32 Å². The summed E-state index contributed by atoms with van der Waals surface area (Å²) < 4.78 is 11.4. The Morgan fingerprint density at radius 2 is 2.03 bits per heavy atom. The summed E-state index contributed by atoms with van der Waals surface area (Å²) in [6, 6.07) is -0.198. The molecule has 8 heteroatoms. The van der Waals surface area contributed by atoms with Crippen LogP contribution >= 0.6 is 0 Å². The Morgan fingerprint density at radius 1 is 1.38 bits per heavy atom. The minimum Gasteiger partial charge on any atom is -0.445 e. The van der Waals surface area contributed by atoms with Crippen molar-refractivity contribution >= 4 is 26.1 Å². The van der Waals surface area contributed by atoms with Crippen molar-refractivity contribution in [2.45, 2.75) is 70.8 Å². The van der Waals surface area contributed by atoms with Gasteiger partial charge in [-0.25, -0.2) is 4.79 Å². The highest BCUT2D eigenvalue weighted by Gasteiger charge is 2.48. The van der Waals surface area contributed by atoms with Crippen LogP contribution in [0.2, 0.25) is 18.1 Å². The van der Waals surface area contributed by atoms with Gasteiger partial charge in [0.2, 0.25) is 5.91 Å². The second-order valence-electron chi connectivity index (χ2n) is 9.69. The molecule has 1 unspecified atom stereocenters. The van der Waals surface area contributed by atoms with Crippen LogP contribution in [0.25, 0.3) is 0 Å². The predicted molar refractivity (Wildman–Crippen MR) is 114 cm³/mol. The lowest BCUT2D eigenvalue weighted by Crippen LogP contribution is -2.64. The van der Waals surface area contributed by atoms with Crippen molar-refractivity contribution in [1.29, 1.82) is 0 Å². The van der Waals surface area contributed by atoms with Crippen molar-refractivity contribution in [2.75, 3.05) is 19.7 Å². The number of carbonyl (C=O) groups is 3. The zero-order valence-corrected chi connectivity index (χ0v) is 19.6. The average Bonchev–Trinajstić information content (AvgIpc) is 3.07. The summed E-state index contributed by atoms with van der Waals surface area (Å²) in [6.45, 7) is 17.3. The Bertz CT molecular complexity index is 658. The summed E-state index contributed by atoms with van der Waals surface area (Å²) in [5.41, 5.74) is 0. The SMILES string of the molecule is C=CCOC(=O)N1CCC(C(=O)C[C@H]2NC(=O)[C@@H]2[C@@H](C)O[Si](C)(C)C(C)(C)C)C1. The van der Waals surface area contributed by atoms with Crippen LogP contribution in [-0.4, -0.2) is 62.8 Å². The third-order valence-electron chi connectivity index (χ3n) is 6.50. The van der Waals surface area contributed by atoms with E-state index >= 15 is 0 Å². The van der Waals surface area contributed by atoms with Gasteiger partial charge in [-0.15, -0.1) is 0 Å². The van der Waals surface area contributed by atoms with Crippen molar-refractivity contribution in [2.24, 2.45) is 11.8 Å². The zero-order chi connectivity index (χ0) is 22.0. The molecule has 2 aliphatic rings. The molecule has 7 nitrogen and oxygen atoms in total. The van der Waals surface area contributed by atoms with Gasteiger partial charge in [-0.05, 0) is 31.5 Å². The summed E-state index contributed by atoms with van der Waals surface area (Å²) in [4.78, 5) is 38.5. The lowest BCUT2D eigenvalue weighted by Gasteiger charge is -2.45. The maximum atomic E-state index is 12.8. The molecule has 2 aliphatic heterocycles. The quantitative estimate of drug-likeness (QED) is 0.368. The zero-order valence-electron chi connectivity index (χ0n) is 18.6. The highest BCUT2D eigenvalue weighted by molar-refractivity contribution is 6.74. The van der Waals surface area contributed by atoms with Crippen LogP contribution in [0.4, 0.5) is 4.79 Å². The topological polar surface area (TPSA) is 84.9 Å². The van der Waals surface area contributed by atoms with Crippen LogP contribution in [0.5, 0.6) is 0 Å². The first-order chi connectivity index (χ1) is 13.4. The number of ether oxygens (including phenoxy) is 1. The van der Waals surface area contributed by atoms with Gasteiger partial charge in [-0.1, -0.05) is 33.4 Å². The molecule has 1 N–H and O–H groups in total. The van der Waals surface area contributed by atoms with Gasteiger partial charge in [-0.2, -0.15) is 0 Å². The van der Waals surface area contributed by atoms with Crippen LogP contribution in [0, 0.1) is 11.8 Å². The second-order valence-corrected chi connectivity index (χ2v) is 14.4. The van der Waals surface area contributed by atoms with Gasteiger partial charge in [0.25, 0.3) is 0 Å². The van der Waals surface area contributed by atoms with E-state index in [0.29, 0.717) is 19.5 Å². The smallest absolute Gasteiger partial charge is 0.410 e. The summed E-state index contributed by atoms with van der Waals surface area (Å²) in [6.07, 6.45) is 1.79. The number of likely N-dealkylation sites (tertiary alicyclic amines) is 1. The van der Waals surface area contributed by atoms with Crippen molar-refractivity contribution < 1.29 is 23.5 Å².